The Kier molecular flexibility index (Phi) is 20.5. The first-order chi connectivity index (χ1) is 20.1. The third-order valence-electron chi connectivity index (χ3n) is 6.90. The lowest BCUT2D eigenvalue weighted by Gasteiger charge is -2.18. The molecule has 1 aromatic carbocycles. The van der Waals surface area contributed by atoms with Crippen molar-refractivity contribution in [1.82, 2.24) is 5.32 Å². The molecule has 1 heterocycles. The number of aromatic nitrogens is 1. The Morgan fingerprint density at radius 1 is 0.927 bits per heavy atom. The normalized spacial score (nSPS) is 12.7. The zero-order valence-corrected chi connectivity index (χ0v) is 26.8. The number of carbonyl (C=O) groups excluding carboxylic acids is 1. The standard InChI is InChI=1S/C31H51N2O6PS/c1-3-4-5-6-7-8-9-10-11-12-13-14-15-16-21-32-31(34)37-25-30(36-2)26-38-40(35)39-29-19-17-28(18-20-29)24-33-22-23-41-27-33/h17-20,22-23,27,30,35H,3-16,21,24-26H2,1-2H3/p+1. The maximum atomic E-state index is 12.0. The highest BCUT2D eigenvalue weighted by atomic mass is 32.1. The minimum absolute atomic E-state index is 0.0270. The van der Waals surface area contributed by atoms with Gasteiger partial charge in [0.25, 0.3) is 0 Å². The summed E-state index contributed by atoms with van der Waals surface area (Å²) in [5.41, 5.74) is 3.18. The quantitative estimate of drug-likeness (QED) is 0.0674. The number of nitrogens with one attached hydrogen (secondary N) is 1. The molecule has 0 fully saturated rings. The molecule has 41 heavy (non-hydrogen) atoms. The fourth-order valence-corrected chi connectivity index (χ4v) is 5.64. The lowest BCUT2D eigenvalue weighted by Crippen LogP contribution is -2.31. The van der Waals surface area contributed by atoms with Gasteiger partial charge in [-0.05, 0) is 30.7 Å². The monoisotopic (exact) mass is 611 g/mol. The summed E-state index contributed by atoms with van der Waals surface area (Å²) in [6.07, 6.45) is 19.3. The Bertz CT molecular complexity index is 887. The number of hydrogen-bond donors (Lipinski definition) is 2. The lowest BCUT2D eigenvalue weighted by molar-refractivity contribution is -0.683. The van der Waals surface area contributed by atoms with Crippen LogP contribution in [0.25, 0.3) is 0 Å². The number of ether oxygens (including phenoxy) is 2. The van der Waals surface area contributed by atoms with Crippen LogP contribution < -0.4 is 14.4 Å². The molecule has 0 aliphatic rings. The molecular formula is C31H52N2O6PS+. The highest BCUT2D eigenvalue weighted by molar-refractivity contribution is 7.41. The number of carbonyl (C=O) groups is 1. The van der Waals surface area contributed by atoms with Crippen molar-refractivity contribution in [1.29, 1.82) is 0 Å². The molecule has 232 valence electrons. The van der Waals surface area contributed by atoms with Gasteiger partial charge < -0.3 is 24.2 Å². The van der Waals surface area contributed by atoms with E-state index in [0.29, 0.717) is 12.3 Å². The van der Waals surface area contributed by atoms with Gasteiger partial charge in [0.15, 0.2) is 12.7 Å². The minimum Gasteiger partial charge on any atom is -0.447 e. The summed E-state index contributed by atoms with van der Waals surface area (Å²) < 4.78 is 23.5. The van der Waals surface area contributed by atoms with Gasteiger partial charge in [-0.1, -0.05) is 102 Å². The predicted octanol–water partition coefficient (Wildman–Crippen LogP) is 7.92. The average Bonchev–Trinajstić information content (AvgIpc) is 3.49. The summed E-state index contributed by atoms with van der Waals surface area (Å²) in [4.78, 5) is 22.1. The Morgan fingerprint density at radius 3 is 2.10 bits per heavy atom. The first-order valence-electron chi connectivity index (χ1n) is 15.3. The number of benzene rings is 1. The highest BCUT2D eigenvalue weighted by Gasteiger charge is 2.17. The molecule has 2 N–H and O–H groups in total. The van der Waals surface area contributed by atoms with Crippen LogP contribution in [0.5, 0.6) is 5.75 Å². The van der Waals surface area contributed by atoms with Crippen LogP contribution in [0.2, 0.25) is 0 Å². The molecule has 1 amide bonds. The number of rotatable bonds is 25. The Morgan fingerprint density at radius 2 is 1.54 bits per heavy atom. The van der Waals surface area contributed by atoms with E-state index in [1.807, 2.05) is 29.2 Å². The number of nitrogens with zero attached hydrogens (tertiary/aromatic N) is 1. The van der Waals surface area contributed by atoms with Gasteiger partial charge in [0.2, 0.25) is 5.51 Å². The number of unbranched alkanes of at least 4 members (excludes halogenated alkanes) is 13. The van der Waals surface area contributed by atoms with Crippen LogP contribution in [-0.4, -0.2) is 44.0 Å². The van der Waals surface area contributed by atoms with Crippen molar-refractivity contribution in [3.05, 3.63) is 46.9 Å². The van der Waals surface area contributed by atoms with E-state index in [-0.39, 0.29) is 13.2 Å². The third kappa shape index (κ3) is 18.4. The second-order valence-corrected chi connectivity index (χ2v) is 12.1. The molecule has 10 heteroatoms. The molecule has 2 aromatic rings. The highest BCUT2D eigenvalue weighted by Crippen LogP contribution is 2.35. The summed E-state index contributed by atoms with van der Waals surface area (Å²) in [5.74, 6) is 0.519. The van der Waals surface area contributed by atoms with Crippen LogP contribution in [0.3, 0.4) is 0 Å². The SMILES string of the molecule is CCCCCCCCCCCCCCCCNC(=O)OCC(COP(O)Oc1ccc(C[n+]2ccsc2)cc1)OC. The van der Waals surface area contributed by atoms with Crippen LogP contribution in [0, 0.1) is 0 Å². The second kappa shape index (κ2) is 23.8. The number of alkyl carbamates (subject to hydrolysis) is 1. The predicted molar refractivity (Wildman–Crippen MR) is 166 cm³/mol. The van der Waals surface area contributed by atoms with Gasteiger partial charge >= 0.3 is 14.7 Å². The molecule has 2 unspecified atom stereocenters. The van der Waals surface area contributed by atoms with Crippen molar-refractivity contribution >= 4 is 26.0 Å². The van der Waals surface area contributed by atoms with E-state index < -0.39 is 20.8 Å². The summed E-state index contributed by atoms with van der Waals surface area (Å²) in [7, 11) is -0.628. The van der Waals surface area contributed by atoms with E-state index in [2.05, 4.69) is 16.8 Å². The van der Waals surface area contributed by atoms with Crippen LogP contribution in [0.15, 0.2) is 41.4 Å². The Labute approximate surface area is 252 Å². The van der Waals surface area contributed by atoms with Gasteiger partial charge in [-0.15, -0.1) is 0 Å². The van der Waals surface area contributed by atoms with Crippen LogP contribution in [0.4, 0.5) is 4.79 Å². The van der Waals surface area contributed by atoms with E-state index >= 15 is 0 Å². The first kappa shape index (κ1) is 35.4. The van der Waals surface area contributed by atoms with Crippen molar-refractivity contribution in [2.24, 2.45) is 0 Å². The van der Waals surface area contributed by atoms with E-state index in [9.17, 15) is 9.69 Å². The minimum atomic E-state index is -2.14. The molecule has 2 rings (SSSR count). The summed E-state index contributed by atoms with van der Waals surface area (Å²) in [6.45, 7) is 3.71. The average molecular weight is 612 g/mol. The molecule has 0 saturated heterocycles. The van der Waals surface area contributed by atoms with Crippen molar-refractivity contribution < 1.29 is 32.8 Å². The van der Waals surface area contributed by atoms with Gasteiger partial charge in [-0.3, -0.25) is 4.52 Å². The second-order valence-electron chi connectivity index (χ2n) is 10.4. The van der Waals surface area contributed by atoms with Crippen molar-refractivity contribution in [2.45, 2.75) is 109 Å². The van der Waals surface area contributed by atoms with Crippen molar-refractivity contribution in [2.75, 3.05) is 26.9 Å². The first-order valence-corrected chi connectivity index (χ1v) is 17.4. The van der Waals surface area contributed by atoms with Crippen LogP contribution >= 0.6 is 19.9 Å². The summed E-state index contributed by atoms with van der Waals surface area (Å²) >= 11 is 1.65. The third-order valence-corrected chi connectivity index (χ3v) is 8.31. The fourth-order valence-electron chi connectivity index (χ4n) is 4.40. The molecule has 0 spiro atoms. The Balaban J connectivity index is 1.42. The van der Waals surface area contributed by atoms with Crippen molar-refractivity contribution in [3.63, 3.8) is 0 Å². The van der Waals surface area contributed by atoms with Crippen LogP contribution in [0.1, 0.15) is 102 Å². The number of methoxy groups -OCH3 is 1. The van der Waals surface area contributed by atoms with E-state index in [0.717, 1.165) is 24.9 Å². The maximum Gasteiger partial charge on any atom is 0.407 e. The molecule has 0 saturated carbocycles. The summed E-state index contributed by atoms with van der Waals surface area (Å²) in [5, 5.41) is 4.82. The zero-order valence-electron chi connectivity index (χ0n) is 25.1. The molecule has 0 radical (unpaired) electrons. The number of hydrogen-bond acceptors (Lipinski definition) is 7. The largest absolute Gasteiger partial charge is 0.447 e. The molecule has 0 aliphatic carbocycles. The molecule has 0 aliphatic heterocycles. The van der Waals surface area contributed by atoms with Gasteiger partial charge in [-0.25, -0.2) is 4.79 Å². The van der Waals surface area contributed by atoms with E-state index in [1.54, 1.807) is 23.5 Å². The van der Waals surface area contributed by atoms with Gasteiger partial charge in [0.1, 0.15) is 18.5 Å². The molecule has 1 aromatic heterocycles. The maximum absolute atomic E-state index is 12.0. The molecule has 0 bridgehead atoms. The van der Waals surface area contributed by atoms with E-state index in [1.165, 1.54) is 84.2 Å². The topological polar surface area (TPSA) is 90.1 Å². The van der Waals surface area contributed by atoms with Gasteiger partial charge in [0, 0.05) is 19.2 Å². The Hall–Kier alpha value is -1.77. The molecule has 2 atom stereocenters. The van der Waals surface area contributed by atoms with Crippen LogP contribution in [-0.2, 0) is 20.5 Å². The zero-order chi connectivity index (χ0) is 29.4. The fraction of sp³-hybridized carbons (Fsp3) is 0.677. The molecule has 8 nitrogen and oxygen atoms in total. The lowest BCUT2D eigenvalue weighted by atomic mass is 10.0. The number of amides is 1. The van der Waals surface area contributed by atoms with Gasteiger partial charge in [-0.2, -0.15) is 4.57 Å². The summed E-state index contributed by atoms with van der Waals surface area (Å²) in [6, 6.07) is 7.51. The van der Waals surface area contributed by atoms with Crippen molar-refractivity contribution in [3.8, 4) is 5.75 Å². The molecular weight excluding hydrogens is 559 g/mol. The van der Waals surface area contributed by atoms with Gasteiger partial charge in [0.05, 0.1) is 12.0 Å². The number of thiazole rings is 1. The van der Waals surface area contributed by atoms with E-state index in [4.69, 9.17) is 18.5 Å². The smallest absolute Gasteiger partial charge is 0.407 e.